The van der Waals surface area contributed by atoms with Crippen molar-refractivity contribution in [3.63, 3.8) is 0 Å². The maximum Gasteiger partial charge on any atom is 0.698 e. The molecule has 9 nitrogen and oxygen atoms in total. The normalized spacial score (nSPS) is 27.1. The number of ether oxygens (including phenoxy) is 1. The summed E-state index contributed by atoms with van der Waals surface area (Å²) in [6.45, 7) is 3.61. The van der Waals surface area contributed by atoms with Gasteiger partial charge < -0.3 is 10.1 Å². The Morgan fingerprint density at radius 2 is 2.10 bits per heavy atom. The van der Waals surface area contributed by atoms with E-state index in [2.05, 4.69) is 14.8 Å². The van der Waals surface area contributed by atoms with Gasteiger partial charge in [0.2, 0.25) is 18.2 Å². The summed E-state index contributed by atoms with van der Waals surface area (Å²) in [6, 6.07) is 1.26. The van der Waals surface area contributed by atoms with Crippen LogP contribution in [0, 0.1) is 5.92 Å². The Hall–Kier alpha value is -1.81. The third-order valence-corrected chi connectivity index (χ3v) is 5.63. The maximum absolute atomic E-state index is 14.7. The van der Waals surface area contributed by atoms with Crippen molar-refractivity contribution in [2.45, 2.75) is 63.9 Å². The molecule has 12 heteroatoms. The minimum atomic E-state index is -3.62. The molecule has 0 spiro atoms. The van der Waals surface area contributed by atoms with E-state index in [1.54, 1.807) is 0 Å². The van der Waals surface area contributed by atoms with Gasteiger partial charge in [0.05, 0.1) is 0 Å². The van der Waals surface area contributed by atoms with E-state index >= 15 is 0 Å². The molecule has 4 atom stereocenters. The van der Waals surface area contributed by atoms with Gasteiger partial charge in [-0.25, -0.2) is 4.79 Å². The van der Waals surface area contributed by atoms with Crippen LogP contribution in [0.1, 0.15) is 45.8 Å². The average molecular weight is 434 g/mol. The number of halogens is 2. The van der Waals surface area contributed by atoms with Crippen LogP contribution in [-0.2, 0) is 23.1 Å². The number of carbonyl (C=O) groups is 1. The van der Waals surface area contributed by atoms with Crippen molar-refractivity contribution in [2.75, 3.05) is 11.9 Å². The van der Waals surface area contributed by atoms with Crippen molar-refractivity contribution >= 4 is 20.0 Å². The Morgan fingerprint density at radius 1 is 1.41 bits per heavy atom. The second-order valence-corrected chi connectivity index (χ2v) is 7.93. The highest BCUT2D eigenvalue weighted by atomic mass is 31.1. The average Bonchev–Trinajstić information content (AvgIpc) is 2.92. The van der Waals surface area contributed by atoms with Crippen molar-refractivity contribution in [3.05, 3.63) is 22.7 Å². The molecule has 1 N–H and O–H groups in total. The molecule has 2 aliphatic rings. The zero-order valence-electron chi connectivity index (χ0n) is 16.0. The van der Waals surface area contributed by atoms with Gasteiger partial charge >= 0.3 is 19.9 Å². The smallest absolute Gasteiger partial charge is 0.342 e. The molecule has 2 fully saturated rings. The number of fused-ring (bicyclic) bond motifs is 1. The fourth-order valence-electron chi connectivity index (χ4n) is 3.48. The molecule has 2 aliphatic heterocycles. The lowest BCUT2D eigenvalue weighted by Gasteiger charge is -2.21. The first kappa shape index (κ1) is 21.9. The number of nitrogens with zero attached hydrogens (tertiary/aromatic N) is 2. The van der Waals surface area contributed by atoms with Crippen molar-refractivity contribution in [2.24, 2.45) is 5.92 Å². The summed E-state index contributed by atoms with van der Waals surface area (Å²) in [5.41, 5.74) is -1.01. The van der Waals surface area contributed by atoms with Crippen molar-refractivity contribution in [1.29, 1.82) is 0 Å². The molecular formula is C17H23F2N3O6P+. The largest absolute Gasteiger partial charge is 0.698 e. The number of carbonyl (C=O) groups excluding carboxylic acids is 1. The summed E-state index contributed by atoms with van der Waals surface area (Å²) in [5.74, 6) is -4.11. The maximum atomic E-state index is 14.7. The van der Waals surface area contributed by atoms with Crippen LogP contribution in [0.4, 0.5) is 14.6 Å². The van der Waals surface area contributed by atoms with E-state index in [4.69, 9.17) is 9.26 Å². The monoisotopic (exact) mass is 434 g/mol. The van der Waals surface area contributed by atoms with E-state index in [0.717, 1.165) is 19.0 Å². The lowest BCUT2D eigenvalue weighted by molar-refractivity contribution is -0.135. The summed E-state index contributed by atoms with van der Waals surface area (Å²) < 4.78 is 55.9. The van der Waals surface area contributed by atoms with Gasteiger partial charge in [-0.1, -0.05) is 26.7 Å². The van der Waals surface area contributed by atoms with Gasteiger partial charge in [0.25, 0.3) is 0 Å². The van der Waals surface area contributed by atoms with Crippen LogP contribution in [0.3, 0.4) is 0 Å². The van der Waals surface area contributed by atoms with Gasteiger partial charge in [-0.15, -0.1) is 9.05 Å². The first-order valence-electron chi connectivity index (χ1n) is 9.48. The number of hydrogen-bond acceptors (Lipinski definition) is 7. The molecule has 3 rings (SSSR count). The molecule has 1 amide bonds. The first-order valence-corrected chi connectivity index (χ1v) is 10.6. The number of anilines is 1. The van der Waals surface area contributed by atoms with Crippen molar-refractivity contribution < 1.29 is 31.9 Å². The lowest BCUT2D eigenvalue weighted by atomic mass is 9.97. The van der Waals surface area contributed by atoms with Crippen LogP contribution >= 0.6 is 8.25 Å². The van der Waals surface area contributed by atoms with Gasteiger partial charge in [-0.3, -0.25) is 9.36 Å². The van der Waals surface area contributed by atoms with Crippen molar-refractivity contribution in [3.8, 4) is 0 Å². The Balaban J connectivity index is 1.77. The molecule has 0 radical (unpaired) electrons. The molecule has 1 aromatic heterocycles. The fourth-order valence-corrected chi connectivity index (χ4v) is 4.27. The number of rotatable bonds is 7. The standard InChI is InChI=1S/C17H22F2N3O6P/c1-3-5-10(6-4-2)14(23)20-12-7-8-22(16(24)21-12)15-17(18,19)13-11(27-15)9-26-29(25)28-13/h7-8,10-11,13,15H,3-6,9H2,1-2H3/p+1/t11-,13-,15-/m1/s1. The summed E-state index contributed by atoms with van der Waals surface area (Å²) in [4.78, 5) is 28.4. The van der Waals surface area contributed by atoms with E-state index in [0.29, 0.717) is 17.4 Å². The molecule has 160 valence electrons. The third kappa shape index (κ3) is 4.53. The van der Waals surface area contributed by atoms with E-state index in [-0.39, 0.29) is 24.2 Å². The second-order valence-electron chi connectivity index (χ2n) is 7.01. The topological polar surface area (TPSA) is 109 Å². The van der Waals surface area contributed by atoms with Crippen LogP contribution in [0.2, 0.25) is 0 Å². The van der Waals surface area contributed by atoms with Gasteiger partial charge in [0, 0.05) is 16.7 Å². The highest BCUT2D eigenvalue weighted by Crippen LogP contribution is 2.50. The van der Waals surface area contributed by atoms with Gasteiger partial charge in [0.15, 0.2) is 0 Å². The highest BCUT2D eigenvalue weighted by molar-refractivity contribution is 7.33. The van der Waals surface area contributed by atoms with Crippen LogP contribution < -0.4 is 11.0 Å². The molecule has 1 unspecified atom stereocenters. The third-order valence-electron chi connectivity index (χ3n) is 4.87. The zero-order valence-corrected chi connectivity index (χ0v) is 16.9. The lowest BCUT2D eigenvalue weighted by Crippen LogP contribution is -2.44. The minimum Gasteiger partial charge on any atom is -0.342 e. The number of hydrogen-bond donors (Lipinski definition) is 1. The first-order chi connectivity index (χ1) is 13.8. The zero-order chi connectivity index (χ0) is 21.2. The molecular weight excluding hydrogens is 411 g/mol. The second kappa shape index (κ2) is 8.91. The van der Waals surface area contributed by atoms with Gasteiger partial charge in [0.1, 0.15) is 18.5 Å². The van der Waals surface area contributed by atoms with Crippen LogP contribution in [0.25, 0.3) is 0 Å². The van der Waals surface area contributed by atoms with Crippen molar-refractivity contribution in [1.82, 2.24) is 9.55 Å². The number of amides is 1. The predicted octanol–water partition coefficient (Wildman–Crippen LogP) is 3.00. The van der Waals surface area contributed by atoms with Crippen LogP contribution in [-0.4, -0.2) is 40.2 Å². The fraction of sp³-hybridized carbons (Fsp3) is 0.706. The van der Waals surface area contributed by atoms with Crippen LogP contribution in [0.5, 0.6) is 0 Å². The highest BCUT2D eigenvalue weighted by Gasteiger charge is 2.66. The Morgan fingerprint density at radius 3 is 2.72 bits per heavy atom. The summed E-state index contributed by atoms with van der Waals surface area (Å²) >= 11 is 0. The van der Waals surface area contributed by atoms with Gasteiger partial charge in [-0.05, 0) is 18.9 Å². The summed E-state index contributed by atoms with van der Waals surface area (Å²) in [5, 5.41) is 2.57. The SMILES string of the molecule is CCCC(CCC)C(=O)Nc1ccn([C@@H]2O[C@@H]3CO[P+](=O)O[C@H]3C2(F)F)c(=O)n1. The predicted molar refractivity (Wildman–Crippen MR) is 97.7 cm³/mol. The molecule has 3 heterocycles. The van der Waals surface area contributed by atoms with E-state index in [1.807, 2.05) is 13.8 Å². The van der Waals surface area contributed by atoms with E-state index in [1.165, 1.54) is 6.07 Å². The number of aromatic nitrogens is 2. The Labute approximate surface area is 166 Å². The van der Waals surface area contributed by atoms with E-state index < -0.39 is 38.3 Å². The molecule has 0 saturated carbocycles. The molecule has 0 aliphatic carbocycles. The molecule has 2 saturated heterocycles. The van der Waals surface area contributed by atoms with Gasteiger partial charge in [-0.2, -0.15) is 13.8 Å². The number of nitrogens with one attached hydrogen (secondary N) is 1. The molecule has 29 heavy (non-hydrogen) atoms. The van der Waals surface area contributed by atoms with E-state index in [9.17, 15) is 22.9 Å². The Kier molecular flexibility index (Phi) is 6.72. The minimum absolute atomic E-state index is 0.0187. The molecule has 0 aromatic carbocycles. The number of alkyl halides is 2. The Bertz CT molecular complexity index is 830. The summed E-state index contributed by atoms with van der Waals surface area (Å²) in [6.07, 6.45) is -0.797. The molecule has 1 aromatic rings. The van der Waals surface area contributed by atoms with Crippen LogP contribution in [0.15, 0.2) is 17.1 Å². The molecule has 0 bridgehead atoms. The quantitative estimate of drug-likeness (QED) is 0.657. The summed E-state index contributed by atoms with van der Waals surface area (Å²) in [7, 11) is -2.67.